The molecule has 3 heterocycles. The van der Waals surface area contributed by atoms with Crippen LogP contribution in [-0.4, -0.2) is 50.1 Å². The Balaban J connectivity index is 1.56. The number of H-pyrrole nitrogens is 1. The fraction of sp³-hybridized carbons (Fsp3) is 0.286. The predicted octanol–water partition coefficient (Wildman–Crippen LogP) is 1.13. The quantitative estimate of drug-likeness (QED) is 0.487. The topological polar surface area (TPSA) is 112 Å². The summed E-state index contributed by atoms with van der Waals surface area (Å²) in [6, 6.07) is 7.10. The molecular formula is C21H22FN5O3. The van der Waals surface area contributed by atoms with E-state index in [4.69, 9.17) is 0 Å². The number of aromatic nitrogens is 3. The number of benzene rings is 1. The molecule has 4 N–H and O–H groups in total. The Labute approximate surface area is 172 Å². The second-order valence-electron chi connectivity index (χ2n) is 7.31. The van der Waals surface area contributed by atoms with Gasteiger partial charge in [0.2, 0.25) is 11.8 Å². The molecule has 1 aliphatic heterocycles. The zero-order valence-electron chi connectivity index (χ0n) is 16.4. The minimum atomic E-state index is -0.932. The maximum atomic E-state index is 13.4. The van der Waals surface area contributed by atoms with Crippen molar-refractivity contribution in [1.29, 1.82) is 0 Å². The first-order valence-corrected chi connectivity index (χ1v) is 9.63. The molecule has 9 heteroatoms. The summed E-state index contributed by atoms with van der Waals surface area (Å²) in [5.41, 5.74) is 3.21. The number of hydrogen-bond donors (Lipinski definition) is 4. The molecule has 0 bridgehead atoms. The van der Waals surface area contributed by atoms with Crippen molar-refractivity contribution in [2.45, 2.75) is 25.0 Å². The van der Waals surface area contributed by atoms with Gasteiger partial charge in [0.25, 0.3) is 0 Å². The van der Waals surface area contributed by atoms with Crippen LogP contribution in [0, 0.1) is 5.82 Å². The Morgan fingerprint density at radius 1 is 1.37 bits per heavy atom. The summed E-state index contributed by atoms with van der Waals surface area (Å²) in [7, 11) is 1.88. The fourth-order valence-corrected chi connectivity index (χ4v) is 3.58. The number of imidazole rings is 1. The lowest BCUT2D eigenvalue weighted by molar-refractivity contribution is -0.128. The number of halogens is 1. The normalized spacial score (nSPS) is 18.4. The van der Waals surface area contributed by atoms with Gasteiger partial charge in [-0.2, -0.15) is 0 Å². The van der Waals surface area contributed by atoms with E-state index in [0.717, 1.165) is 28.3 Å². The fourth-order valence-electron chi connectivity index (χ4n) is 3.58. The Hall–Kier alpha value is -3.46. The van der Waals surface area contributed by atoms with Gasteiger partial charge < -0.3 is 25.3 Å². The van der Waals surface area contributed by atoms with Gasteiger partial charge in [-0.1, -0.05) is 0 Å². The molecule has 156 valence electrons. The predicted molar refractivity (Wildman–Crippen MR) is 108 cm³/mol. The number of aliphatic hydroxyl groups is 1. The van der Waals surface area contributed by atoms with Crippen LogP contribution in [0.1, 0.15) is 12.0 Å². The minimum absolute atomic E-state index is 0.128. The van der Waals surface area contributed by atoms with Crippen LogP contribution in [0.25, 0.3) is 22.8 Å². The number of nitrogens with one attached hydrogen (secondary N) is 3. The highest BCUT2D eigenvalue weighted by Crippen LogP contribution is 2.29. The van der Waals surface area contributed by atoms with Gasteiger partial charge in [0.05, 0.1) is 5.69 Å². The second kappa shape index (κ2) is 8.11. The molecule has 0 saturated carbocycles. The summed E-state index contributed by atoms with van der Waals surface area (Å²) in [6.07, 6.45) is 3.11. The monoisotopic (exact) mass is 411 g/mol. The molecule has 2 atom stereocenters. The van der Waals surface area contributed by atoms with Gasteiger partial charge in [-0.15, -0.1) is 0 Å². The molecule has 0 unspecified atom stereocenters. The van der Waals surface area contributed by atoms with Crippen molar-refractivity contribution >= 4 is 11.8 Å². The first-order chi connectivity index (χ1) is 14.4. The second-order valence-corrected chi connectivity index (χ2v) is 7.31. The minimum Gasteiger partial charge on any atom is -0.389 e. The van der Waals surface area contributed by atoms with Crippen LogP contribution in [0.2, 0.25) is 0 Å². The van der Waals surface area contributed by atoms with Crippen molar-refractivity contribution in [3.63, 3.8) is 0 Å². The lowest BCUT2D eigenvalue weighted by Gasteiger charge is -2.13. The molecule has 1 saturated heterocycles. The van der Waals surface area contributed by atoms with Crippen molar-refractivity contribution in [1.82, 2.24) is 25.2 Å². The van der Waals surface area contributed by atoms with Crippen LogP contribution in [0.15, 0.2) is 42.7 Å². The van der Waals surface area contributed by atoms with Crippen molar-refractivity contribution < 1.29 is 19.1 Å². The van der Waals surface area contributed by atoms with E-state index in [1.807, 2.05) is 23.9 Å². The van der Waals surface area contributed by atoms with Crippen LogP contribution < -0.4 is 10.6 Å². The lowest BCUT2D eigenvalue weighted by Crippen LogP contribution is -2.45. The SMILES string of the molecule is Cn1ccnc1-c1cc(CCC(=O)N[C@@H]2C(=O)NC[C@H]2O)c(-c2ccc(F)cc2)[nH]1. The number of nitrogens with zero attached hydrogens (tertiary/aromatic N) is 2. The van der Waals surface area contributed by atoms with E-state index in [-0.39, 0.29) is 30.6 Å². The number of aryl methyl sites for hydroxylation is 2. The van der Waals surface area contributed by atoms with E-state index in [1.54, 1.807) is 18.3 Å². The zero-order valence-corrected chi connectivity index (χ0v) is 16.4. The number of aliphatic hydroxyl groups excluding tert-OH is 1. The number of carbonyl (C=O) groups excluding carboxylic acids is 2. The average Bonchev–Trinajstić information content (AvgIpc) is 3.42. The van der Waals surface area contributed by atoms with E-state index < -0.39 is 12.1 Å². The van der Waals surface area contributed by atoms with Gasteiger partial charge >= 0.3 is 0 Å². The molecule has 1 aliphatic rings. The highest BCUT2D eigenvalue weighted by atomic mass is 19.1. The van der Waals surface area contributed by atoms with Crippen molar-refractivity contribution in [2.24, 2.45) is 7.05 Å². The molecule has 2 amide bonds. The third-order valence-corrected chi connectivity index (χ3v) is 5.18. The number of β-amino-alcohol motifs (C(OH)–C–C–N with tert-alkyl or cyclic N) is 1. The smallest absolute Gasteiger partial charge is 0.245 e. The molecule has 3 aromatic rings. The molecular weight excluding hydrogens is 389 g/mol. The molecule has 1 fully saturated rings. The molecule has 30 heavy (non-hydrogen) atoms. The van der Waals surface area contributed by atoms with Crippen LogP contribution in [0.5, 0.6) is 0 Å². The molecule has 2 aromatic heterocycles. The standard InChI is InChI=1S/C21H22FN5O3/c1-27-9-8-23-20(27)15-10-13(18(25-15)12-2-5-14(22)6-3-12)4-7-17(29)26-19-16(28)11-24-21(19)30/h2-3,5-6,8-10,16,19,25,28H,4,7,11H2,1H3,(H,24,30)(H,26,29)/t16-,19+/m1/s1. The summed E-state index contributed by atoms with van der Waals surface area (Å²) in [6.45, 7) is 0.128. The maximum absolute atomic E-state index is 13.4. The van der Waals surface area contributed by atoms with E-state index in [9.17, 15) is 19.1 Å². The first kappa shape index (κ1) is 19.8. The zero-order chi connectivity index (χ0) is 21.3. The Kier molecular flexibility index (Phi) is 5.37. The van der Waals surface area contributed by atoms with E-state index >= 15 is 0 Å². The van der Waals surface area contributed by atoms with E-state index in [0.29, 0.717) is 6.42 Å². The Bertz CT molecular complexity index is 1070. The Morgan fingerprint density at radius 3 is 2.77 bits per heavy atom. The molecule has 0 spiro atoms. The van der Waals surface area contributed by atoms with Gasteiger partial charge in [-0.25, -0.2) is 9.37 Å². The molecule has 0 aliphatic carbocycles. The lowest BCUT2D eigenvalue weighted by atomic mass is 10.0. The summed E-state index contributed by atoms with van der Waals surface area (Å²) in [4.78, 5) is 31.7. The van der Waals surface area contributed by atoms with E-state index in [1.165, 1.54) is 12.1 Å². The third kappa shape index (κ3) is 3.97. The van der Waals surface area contributed by atoms with Crippen molar-refractivity contribution in [3.8, 4) is 22.8 Å². The highest BCUT2D eigenvalue weighted by molar-refractivity contribution is 5.90. The molecule has 1 aromatic carbocycles. The van der Waals surface area contributed by atoms with E-state index in [2.05, 4.69) is 20.6 Å². The van der Waals surface area contributed by atoms with Gasteiger partial charge in [0.15, 0.2) is 5.82 Å². The number of amides is 2. The van der Waals surface area contributed by atoms with Gasteiger partial charge in [0.1, 0.15) is 18.0 Å². The van der Waals surface area contributed by atoms with Crippen LogP contribution in [0.3, 0.4) is 0 Å². The number of rotatable bonds is 6. The van der Waals surface area contributed by atoms with Crippen LogP contribution >= 0.6 is 0 Å². The molecule has 4 rings (SSSR count). The summed E-state index contributed by atoms with van der Waals surface area (Å²) in [5.74, 6) is -0.314. The third-order valence-electron chi connectivity index (χ3n) is 5.18. The van der Waals surface area contributed by atoms with Crippen LogP contribution in [-0.2, 0) is 23.1 Å². The number of hydrogen-bond acceptors (Lipinski definition) is 4. The van der Waals surface area contributed by atoms with Gasteiger partial charge in [-0.3, -0.25) is 9.59 Å². The Morgan fingerprint density at radius 2 is 2.13 bits per heavy atom. The largest absolute Gasteiger partial charge is 0.389 e. The van der Waals surface area contributed by atoms with Gasteiger partial charge in [-0.05, 0) is 47.9 Å². The van der Waals surface area contributed by atoms with Crippen molar-refractivity contribution in [2.75, 3.05) is 6.54 Å². The molecule has 0 radical (unpaired) electrons. The number of aromatic amines is 1. The molecule has 8 nitrogen and oxygen atoms in total. The maximum Gasteiger partial charge on any atom is 0.245 e. The summed E-state index contributed by atoms with van der Waals surface area (Å²) >= 11 is 0. The summed E-state index contributed by atoms with van der Waals surface area (Å²) < 4.78 is 15.2. The first-order valence-electron chi connectivity index (χ1n) is 9.63. The summed E-state index contributed by atoms with van der Waals surface area (Å²) in [5, 5.41) is 14.9. The van der Waals surface area contributed by atoms with Gasteiger partial charge in [0, 0.05) is 38.1 Å². The van der Waals surface area contributed by atoms with Crippen molar-refractivity contribution in [3.05, 3.63) is 54.1 Å². The average molecular weight is 411 g/mol. The highest BCUT2D eigenvalue weighted by Gasteiger charge is 2.34. The number of carbonyl (C=O) groups is 2. The van der Waals surface area contributed by atoms with Crippen LogP contribution in [0.4, 0.5) is 4.39 Å².